The molecule has 1 aromatic rings. The molecule has 1 aliphatic heterocycles. The highest BCUT2D eigenvalue weighted by Gasteiger charge is 2.58. The number of amides is 2. The first-order chi connectivity index (χ1) is 18.8. The minimum Gasteiger partial charge on any atom is -0.480 e. The number of hydrogen-bond acceptors (Lipinski definition) is 8. The molecular weight excluding hydrogens is 561 g/mol. The van der Waals surface area contributed by atoms with Crippen LogP contribution in [0.15, 0.2) is 18.2 Å². The zero-order chi connectivity index (χ0) is 31.2. The fourth-order valence-electron chi connectivity index (χ4n) is 4.61. The minimum absolute atomic E-state index is 0.00165. The first kappa shape index (κ1) is 34.6. The molecule has 0 aromatic heterocycles. The summed E-state index contributed by atoms with van der Waals surface area (Å²) in [5, 5.41) is 8.60. The summed E-state index contributed by atoms with van der Waals surface area (Å²) in [6, 6.07) is 3.18. The molecule has 10 nitrogen and oxygen atoms in total. The maximum atomic E-state index is 14.3. The maximum Gasteiger partial charge on any atom is 0.419 e. The Bertz CT molecular complexity index is 1120. The Morgan fingerprint density at radius 3 is 2.12 bits per heavy atom. The summed E-state index contributed by atoms with van der Waals surface area (Å²) in [5.41, 5.74) is -1.56. The number of hydrogen-bond donors (Lipinski definition) is 1. The van der Waals surface area contributed by atoms with Gasteiger partial charge in [0.2, 0.25) is 7.37 Å². The molecule has 232 valence electrons. The molecule has 2 unspecified atom stereocenters. The van der Waals surface area contributed by atoms with E-state index in [0.717, 1.165) is 17.0 Å². The average molecular weight is 605 g/mol. The summed E-state index contributed by atoms with van der Waals surface area (Å²) in [6.07, 6.45) is -1.60. The molecule has 0 spiro atoms. The highest BCUT2D eigenvalue weighted by molar-refractivity contribution is 7.62. The largest absolute Gasteiger partial charge is 0.480 e. The van der Waals surface area contributed by atoms with Crippen molar-refractivity contribution in [1.82, 2.24) is 9.80 Å². The molecule has 1 aromatic carbocycles. The molecular formula is C28H43F2N2O8P. The summed E-state index contributed by atoms with van der Waals surface area (Å²) < 4.78 is 58.1. The van der Waals surface area contributed by atoms with Crippen molar-refractivity contribution < 1.29 is 46.8 Å². The van der Waals surface area contributed by atoms with Gasteiger partial charge in [-0.2, -0.15) is 0 Å². The highest BCUT2D eigenvalue weighted by Crippen LogP contribution is 2.63. The van der Waals surface area contributed by atoms with Gasteiger partial charge in [-0.1, -0.05) is 6.07 Å². The van der Waals surface area contributed by atoms with Crippen LogP contribution in [0.25, 0.3) is 0 Å². The van der Waals surface area contributed by atoms with Gasteiger partial charge in [0.25, 0.3) is 0 Å². The number of carboxylic acid groups (broad SMARTS) is 1. The molecule has 41 heavy (non-hydrogen) atoms. The lowest BCUT2D eigenvalue weighted by atomic mass is 9.99. The van der Waals surface area contributed by atoms with E-state index in [0.29, 0.717) is 0 Å². The second kappa shape index (κ2) is 13.6. The summed E-state index contributed by atoms with van der Waals surface area (Å²) in [6.45, 7) is 11.5. The molecule has 1 aliphatic rings. The van der Waals surface area contributed by atoms with Crippen molar-refractivity contribution in [3.8, 4) is 0 Å². The van der Waals surface area contributed by atoms with Gasteiger partial charge in [0, 0.05) is 44.0 Å². The highest BCUT2D eigenvalue weighted by atomic mass is 31.2. The lowest BCUT2D eigenvalue weighted by Crippen LogP contribution is -2.54. The van der Waals surface area contributed by atoms with Crippen molar-refractivity contribution in [3.63, 3.8) is 0 Å². The summed E-state index contributed by atoms with van der Waals surface area (Å²) in [7, 11) is -3.72. The molecule has 13 heteroatoms. The van der Waals surface area contributed by atoms with Gasteiger partial charge in [-0.05, 0) is 73.8 Å². The van der Waals surface area contributed by atoms with Gasteiger partial charge in [0.15, 0.2) is 5.16 Å². The molecule has 0 saturated carbocycles. The molecule has 2 atom stereocenters. The average Bonchev–Trinajstić information content (AvgIpc) is 2.80. The van der Waals surface area contributed by atoms with Crippen molar-refractivity contribution in [2.45, 2.75) is 90.6 Å². The van der Waals surface area contributed by atoms with E-state index in [9.17, 15) is 32.8 Å². The molecule has 1 N–H and O–H groups in total. The fraction of sp³-hybridized carbons (Fsp3) is 0.679. The third-order valence-corrected chi connectivity index (χ3v) is 9.77. The van der Waals surface area contributed by atoms with Crippen LogP contribution in [0, 0.1) is 11.6 Å². The number of ether oxygens (including phenoxy) is 2. The number of rotatable bonds is 10. The fourth-order valence-corrected chi connectivity index (χ4v) is 7.59. The lowest BCUT2D eigenvalue weighted by molar-refractivity contribution is -0.141. The molecule has 0 aliphatic carbocycles. The predicted molar refractivity (Wildman–Crippen MR) is 149 cm³/mol. The van der Waals surface area contributed by atoms with Crippen LogP contribution < -0.4 is 0 Å². The van der Waals surface area contributed by atoms with Gasteiger partial charge in [-0.3, -0.25) is 14.3 Å². The molecule has 0 bridgehead atoms. The normalized spacial score (nSPS) is 21.8. The lowest BCUT2D eigenvalue weighted by Gasteiger charge is -2.45. The van der Waals surface area contributed by atoms with E-state index >= 15 is 0 Å². The van der Waals surface area contributed by atoms with E-state index in [1.54, 1.807) is 53.4 Å². The maximum absolute atomic E-state index is 14.3. The second-order valence-electron chi connectivity index (χ2n) is 12.2. The Kier molecular flexibility index (Phi) is 11.5. The monoisotopic (exact) mass is 604 g/mol. The zero-order valence-electron chi connectivity index (χ0n) is 25.0. The SMILES string of the molecule is CCOP1(=O)CCN(Cc2ccc(F)cc2F)CC1(CCCCN(C(=O)OC(C)(C)C)C(=O)OC(C)(C)C)C(=O)O. The van der Waals surface area contributed by atoms with Crippen LogP contribution in [0.4, 0.5) is 18.4 Å². The Morgan fingerprint density at radius 1 is 1.05 bits per heavy atom. The van der Waals surface area contributed by atoms with Crippen LogP contribution in [0.3, 0.4) is 0 Å². The number of halogens is 2. The summed E-state index contributed by atoms with van der Waals surface area (Å²) >= 11 is 0. The standard InChI is InChI=1S/C28H43F2N2O8P/c1-8-38-41(37)16-15-31(18-20-11-12-21(29)17-22(20)30)19-28(41,23(33)34)13-9-10-14-32(24(35)39-26(2,3)4)25(36)40-27(5,6)7/h11-12,17H,8-10,13-16,18-19H2,1-7H3,(H,33,34). The van der Waals surface area contributed by atoms with Crippen molar-refractivity contribution in [2.24, 2.45) is 0 Å². The molecule has 2 rings (SSSR count). The van der Waals surface area contributed by atoms with E-state index in [4.69, 9.17) is 14.0 Å². The number of nitrogens with zero attached hydrogens (tertiary/aromatic N) is 2. The van der Waals surface area contributed by atoms with Gasteiger partial charge in [0.05, 0.1) is 6.61 Å². The number of unbranched alkanes of at least 4 members (excludes halogenated alkanes) is 1. The molecule has 1 fully saturated rings. The third kappa shape index (κ3) is 9.48. The third-order valence-electron chi connectivity index (χ3n) is 6.44. The molecule has 1 saturated heterocycles. The number of carbonyl (C=O) groups is 3. The van der Waals surface area contributed by atoms with Crippen LogP contribution in [-0.4, -0.2) is 81.8 Å². The molecule has 0 radical (unpaired) electrons. The number of benzene rings is 1. The van der Waals surface area contributed by atoms with E-state index < -0.39 is 53.5 Å². The van der Waals surface area contributed by atoms with Crippen LogP contribution in [0.1, 0.15) is 73.3 Å². The Labute approximate surface area is 240 Å². The number of aliphatic carboxylic acids is 1. The molecule has 1 heterocycles. The number of imide groups is 1. The minimum atomic E-state index is -3.72. The van der Waals surface area contributed by atoms with Crippen molar-refractivity contribution >= 4 is 25.5 Å². The van der Waals surface area contributed by atoms with E-state index in [2.05, 4.69) is 0 Å². The van der Waals surface area contributed by atoms with E-state index in [-0.39, 0.29) is 63.8 Å². The van der Waals surface area contributed by atoms with Gasteiger partial charge >= 0.3 is 18.2 Å². The molecule has 2 amide bonds. The predicted octanol–water partition coefficient (Wildman–Crippen LogP) is 6.26. The van der Waals surface area contributed by atoms with Crippen molar-refractivity contribution in [1.29, 1.82) is 0 Å². The van der Waals surface area contributed by atoms with E-state index in [1.165, 1.54) is 6.07 Å². The topological polar surface area (TPSA) is 123 Å². The zero-order valence-corrected chi connectivity index (χ0v) is 25.9. The summed E-state index contributed by atoms with van der Waals surface area (Å²) in [4.78, 5) is 40.9. The van der Waals surface area contributed by atoms with Crippen LogP contribution in [-0.2, 0) is 29.9 Å². The van der Waals surface area contributed by atoms with Crippen molar-refractivity contribution in [3.05, 3.63) is 35.4 Å². The van der Waals surface area contributed by atoms with Gasteiger partial charge in [0.1, 0.15) is 22.8 Å². The Morgan fingerprint density at radius 2 is 1.63 bits per heavy atom. The van der Waals surface area contributed by atoms with Crippen LogP contribution in [0.2, 0.25) is 0 Å². The van der Waals surface area contributed by atoms with Gasteiger partial charge in [-0.25, -0.2) is 23.3 Å². The summed E-state index contributed by atoms with van der Waals surface area (Å²) in [5.74, 6) is -2.79. The van der Waals surface area contributed by atoms with Crippen LogP contribution in [0.5, 0.6) is 0 Å². The Hall–Kier alpha value is -2.56. The van der Waals surface area contributed by atoms with Gasteiger partial charge < -0.3 is 19.1 Å². The van der Waals surface area contributed by atoms with Crippen LogP contribution >= 0.6 is 7.37 Å². The Balaban J connectivity index is 2.25. The van der Waals surface area contributed by atoms with E-state index in [1.807, 2.05) is 0 Å². The second-order valence-corrected chi connectivity index (χ2v) is 15.1. The smallest absolute Gasteiger partial charge is 0.419 e. The first-order valence-corrected chi connectivity index (χ1v) is 15.5. The first-order valence-electron chi connectivity index (χ1n) is 13.7. The quantitative estimate of drug-likeness (QED) is 0.243. The number of carbonyl (C=O) groups excluding carboxylic acids is 2. The van der Waals surface area contributed by atoms with Crippen molar-refractivity contribution in [2.75, 3.05) is 32.4 Å². The van der Waals surface area contributed by atoms with Gasteiger partial charge in [-0.15, -0.1) is 0 Å². The number of carboxylic acids is 1.